The average Bonchev–Trinajstić information content (AvgIpc) is 2.32. The minimum atomic E-state index is -0.241. The summed E-state index contributed by atoms with van der Waals surface area (Å²) in [5.74, 6) is -0.184. The van der Waals surface area contributed by atoms with Crippen molar-refractivity contribution in [1.82, 2.24) is 10.3 Å². The third-order valence-electron chi connectivity index (χ3n) is 2.67. The topological polar surface area (TPSA) is 51.2 Å². The Morgan fingerprint density at radius 2 is 2.29 bits per heavy atom. The van der Waals surface area contributed by atoms with Crippen molar-refractivity contribution in [2.24, 2.45) is 0 Å². The van der Waals surface area contributed by atoms with E-state index in [-0.39, 0.29) is 12.0 Å². The molecule has 0 saturated carbocycles. The van der Waals surface area contributed by atoms with E-state index in [0.29, 0.717) is 13.2 Å². The van der Waals surface area contributed by atoms with E-state index in [1.807, 2.05) is 33.0 Å². The van der Waals surface area contributed by atoms with E-state index in [2.05, 4.69) is 10.3 Å². The van der Waals surface area contributed by atoms with E-state index >= 15 is 0 Å². The molecule has 94 valence electrons. The maximum atomic E-state index is 11.6. The molecule has 0 aliphatic carbocycles. The van der Waals surface area contributed by atoms with Crippen molar-refractivity contribution in [2.45, 2.75) is 39.8 Å². The smallest absolute Gasteiger partial charge is 0.323 e. The number of nitrogens with one attached hydrogen (secondary N) is 1. The van der Waals surface area contributed by atoms with Crippen LogP contribution in [0.1, 0.15) is 31.4 Å². The Morgan fingerprint density at radius 1 is 1.53 bits per heavy atom. The second-order valence-electron chi connectivity index (χ2n) is 3.90. The zero-order chi connectivity index (χ0) is 12.7. The summed E-state index contributed by atoms with van der Waals surface area (Å²) in [5.41, 5.74) is 2.28. The molecule has 1 aromatic heterocycles. The van der Waals surface area contributed by atoms with Gasteiger partial charge >= 0.3 is 5.97 Å². The quantitative estimate of drug-likeness (QED) is 0.765. The minimum absolute atomic E-state index is 0.184. The van der Waals surface area contributed by atoms with Crippen LogP contribution < -0.4 is 5.32 Å². The highest BCUT2D eigenvalue weighted by Gasteiger charge is 2.16. The lowest BCUT2D eigenvalue weighted by molar-refractivity contribution is -0.145. The van der Waals surface area contributed by atoms with Gasteiger partial charge in [-0.2, -0.15) is 0 Å². The van der Waals surface area contributed by atoms with Crippen molar-refractivity contribution < 1.29 is 9.53 Å². The van der Waals surface area contributed by atoms with Crippen LogP contribution in [0.5, 0.6) is 0 Å². The van der Waals surface area contributed by atoms with Gasteiger partial charge in [-0.3, -0.25) is 9.78 Å². The fraction of sp³-hybridized carbons (Fsp3) is 0.538. The van der Waals surface area contributed by atoms with Gasteiger partial charge in [-0.25, -0.2) is 0 Å². The van der Waals surface area contributed by atoms with Gasteiger partial charge in [0.1, 0.15) is 6.04 Å². The van der Waals surface area contributed by atoms with Crippen molar-refractivity contribution in [3.63, 3.8) is 0 Å². The number of pyridine rings is 1. The Balaban J connectivity index is 2.53. The van der Waals surface area contributed by atoms with Crippen LogP contribution in [0.3, 0.4) is 0 Å². The van der Waals surface area contributed by atoms with E-state index in [1.54, 1.807) is 6.20 Å². The molecule has 1 aromatic rings. The number of ether oxygens (including phenoxy) is 1. The third-order valence-corrected chi connectivity index (χ3v) is 2.67. The molecule has 4 nitrogen and oxygen atoms in total. The summed E-state index contributed by atoms with van der Waals surface area (Å²) in [7, 11) is 0. The molecule has 0 amide bonds. The number of aryl methyl sites for hydroxylation is 1. The van der Waals surface area contributed by atoms with Gasteiger partial charge in [-0.1, -0.05) is 6.92 Å². The van der Waals surface area contributed by atoms with Gasteiger partial charge < -0.3 is 10.1 Å². The Morgan fingerprint density at radius 3 is 2.88 bits per heavy atom. The number of carbonyl (C=O) groups is 1. The Kier molecular flexibility index (Phi) is 5.63. The van der Waals surface area contributed by atoms with Crippen LogP contribution in [0.2, 0.25) is 0 Å². The zero-order valence-corrected chi connectivity index (χ0v) is 10.7. The number of aromatic nitrogens is 1. The highest BCUT2D eigenvalue weighted by Crippen LogP contribution is 2.05. The molecule has 1 atom stereocenters. The number of hydrogen-bond acceptors (Lipinski definition) is 4. The van der Waals surface area contributed by atoms with Gasteiger partial charge in [-0.15, -0.1) is 0 Å². The zero-order valence-electron chi connectivity index (χ0n) is 10.7. The largest absolute Gasteiger partial charge is 0.465 e. The lowest BCUT2D eigenvalue weighted by atomic mass is 10.1. The average molecular weight is 236 g/mol. The maximum Gasteiger partial charge on any atom is 0.323 e. The number of nitrogens with zero attached hydrogens (tertiary/aromatic N) is 1. The van der Waals surface area contributed by atoms with Crippen LogP contribution in [-0.2, 0) is 16.1 Å². The standard InChI is InChI=1S/C13H20N2O2/c1-4-12(13(16)17-5-2)15-9-11-8-14-7-6-10(11)3/h6-8,12,15H,4-5,9H2,1-3H3. The fourth-order valence-corrected chi connectivity index (χ4v) is 1.55. The second kappa shape index (κ2) is 7.01. The summed E-state index contributed by atoms with van der Waals surface area (Å²) >= 11 is 0. The number of carbonyl (C=O) groups excluding carboxylic acids is 1. The van der Waals surface area contributed by atoms with Crippen LogP contribution in [-0.4, -0.2) is 23.6 Å². The summed E-state index contributed by atoms with van der Waals surface area (Å²) in [5, 5.41) is 3.20. The summed E-state index contributed by atoms with van der Waals surface area (Å²) in [6.07, 6.45) is 4.31. The Bertz CT molecular complexity index is 366. The molecule has 0 aliphatic heterocycles. The van der Waals surface area contributed by atoms with Gasteiger partial charge in [0.15, 0.2) is 0 Å². The third kappa shape index (κ3) is 4.15. The summed E-state index contributed by atoms with van der Waals surface area (Å²) in [4.78, 5) is 15.7. The van der Waals surface area contributed by atoms with E-state index in [4.69, 9.17) is 4.74 Å². The lowest BCUT2D eigenvalue weighted by Crippen LogP contribution is -2.37. The Hall–Kier alpha value is -1.42. The van der Waals surface area contributed by atoms with Gasteiger partial charge in [0, 0.05) is 18.9 Å². The van der Waals surface area contributed by atoms with Crippen LogP contribution in [0.15, 0.2) is 18.5 Å². The first-order valence-corrected chi connectivity index (χ1v) is 5.98. The molecule has 1 unspecified atom stereocenters. The molecular weight excluding hydrogens is 216 g/mol. The first kappa shape index (κ1) is 13.6. The van der Waals surface area contributed by atoms with Crippen molar-refractivity contribution >= 4 is 5.97 Å². The molecule has 17 heavy (non-hydrogen) atoms. The summed E-state index contributed by atoms with van der Waals surface area (Å²) in [6, 6.07) is 1.72. The molecule has 0 bridgehead atoms. The molecule has 0 aliphatic rings. The maximum absolute atomic E-state index is 11.6. The van der Waals surface area contributed by atoms with Gasteiger partial charge in [0.05, 0.1) is 6.61 Å². The summed E-state index contributed by atoms with van der Waals surface area (Å²) in [6.45, 7) is 6.87. The molecule has 1 heterocycles. The number of hydrogen-bond donors (Lipinski definition) is 1. The second-order valence-corrected chi connectivity index (χ2v) is 3.90. The highest BCUT2D eigenvalue weighted by atomic mass is 16.5. The van der Waals surface area contributed by atoms with E-state index in [9.17, 15) is 4.79 Å². The molecule has 0 saturated heterocycles. The molecular formula is C13H20N2O2. The van der Waals surface area contributed by atoms with Crippen LogP contribution >= 0.6 is 0 Å². The highest BCUT2D eigenvalue weighted by molar-refractivity contribution is 5.75. The van der Waals surface area contributed by atoms with Crippen LogP contribution in [0, 0.1) is 6.92 Å². The van der Waals surface area contributed by atoms with E-state index < -0.39 is 0 Å². The SMILES string of the molecule is CCOC(=O)C(CC)NCc1cnccc1C. The van der Waals surface area contributed by atoms with Crippen molar-refractivity contribution in [1.29, 1.82) is 0 Å². The summed E-state index contributed by atoms with van der Waals surface area (Å²) < 4.78 is 5.00. The minimum Gasteiger partial charge on any atom is -0.465 e. The lowest BCUT2D eigenvalue weighted by Gasteiger charge is -2.15. The molecule has 4 heteroatoms. The monoisotopic (exact) mass is 236 g/mol. The van der Waals surface area contributed by atoms with Crippen molar-refractivity contribution in [2.75, 3.05) is 6.61 Å². The fourth-order valence-electron chi connectivity index (χ4n) is 1.55. The first-order chi connectivity index (χ1) is 8.19. The molecule has 0 spiro atoms. The van der Waals surface area contributed by atoms with Gasteiger partial charge in [-0.05, 0) is 37.5 Å². The van der Waals surface area contributed by atoms with Crippen LogP contribution in [0.4, 0.5) is 0 Å². The number of esters is 1. The van der Waals surface area contributed by atoms with Gasteiger partial charge in [0.25, 0.3) is 0 Å². The van der Waals surface area contributed by atoms with Crippen molar-refractivity contribution in [3.8, 4) is 0 Å². The molecule has 0 aromatic carbocycles. The van der Waals surface area contributed by atoms with Crippen molar-refractivity contribution in [3.05, 3.63) is 29.6 Å². The first-order valence-electron chi connectivity index (χ1n) is 5.98. The molecule has 0 radical (unpaired) electrons. The molecule has 1 rings (SSSR count). The Labute approximate surface area is 102 Å². The normalized spacial score (nSPS) is 12.2. The molecule has 0 fully saturated rings. The van der Waals surface area contributed by atoms with Crippen LogP contribution in [0.25, 0.3) is 0 Å². The van der Waals surface area contributed by atoms with Gasteiger partial charge in [0.2, 0.25) is 0 Å². The van der Waals surface area contributed by atoms with E-state index in [0.717, 1.165) is 12.0 Å². The predicted molar refractivity (Wildman–Crippen MR) is 66.5 cm³/mol. The predicted octanol–water partition coefficient (Wildman–Crippen LogP) is 1.82. The number of rotatable bonds is 6. The molecule has 1 N–H and O–H groups in total. The van der Waals surface area contributed by atoms with E-state index in [1.165, 1.54) is 5.56 Å².